The predicted molar refractivity (Wildman–Crippen MR) is 50.8 cm³/mol. The molecule has 1 aromatic heterocycles. The van der Waals surface area contributed by atoms with Gasteiger partial charge in [-0.15, -0.1) is 0 Å². The summed E-state index contributed by atoms with van der Waals surface area (Å²) < 4.78 is 1.71. The van der Waals surface area contributed by atoms with E-state index in [0.717, 1.165) is 13.1 Å². The summed E-state index contributed by atoms with van der Waals surface area (Å²) in [6, 6.07) is 1.75. The largest absolute Gasteiger partial charge is 0.310 e. The van der Waals surface area contributed by atoms with E-state index in [4.69, 9.17) is 0 Å². The molecule has 0 aliphatic heterocycles. The first-order valence-electron chi connectivity index (χ1n) is 4.55. The Morgan fingerprint density at radius 2 is 2.38 bits per heavy atom. The molecule has 72 valence electrons. The van der Waals surface area contributed by atoms with Gasteiger partial charge in [-0.2, -0.15) is 5.10 Å². The molecule has 0 unspecified atom stereocenters. The first-order chi connectivity index (χ1) is 6.29. The van der Waals surface area contributed by atoms with Gasteiger partial charge in [0, 0.05) is 12.7 Å². The van der Waals surface area contributed by atoms with E-state index in [1.165, 1.54) is 0 Å². The minimum absolute atomic E-state index is 0.0983. The molecular formula is C9H15N3O. The van der Waals surface area contributed by atoms with Crippen LogP contribution in [-0.4, -0.2) is 28.7 Å². The molecule has 13 heavy (non-hydrogen) atoms. The molecule has 1 aromatic rings. The van der Waals surface area contributed by atoms with Gasteiger partial charge < -0.3 is 5.32 Å². The van der Waals surface area contributed by atoms with Gasteiger partial charge in [0.1, 0.15) is 5.69 Å². The van der Waals surface area contributed by atoms with Crippen molar-refractivity contribution in [3.63, 3.8) is 0 Å². The van der Waals surface area contributed by atoms with Gasteiger partial charge in [-0.05, 0) is 19.5 Å². The average Bonchev–Trinajstić information content (AvgIpc) is 2.61. The van der Waals surface area contributed by atoms with Gasteiger partial charge >= 0.3 is 0 Å². The molecule has 0 bridgehead atoms. The van der Waals surface area contributed by atoms with Crippen LogP contribution in [0.1, 0.15) is 24.3 Å². The molecule has 0 atom stereocenters. The first kappa shape index (κ1) is 9.92. The number of nitrogens with zero attached hydrogens (tertiary/aromatic N) is 2. The summed E-state index contributed by atoms with van der Waals surface area (Å²) in [5.41, 5.74) is 0.684. The summed E-state index contributed by atoms with van der Waals surface area (Å²) in [7, 11) is 0. The third-order valence-electron chi connectivity index (χ3n) is 1.84. The molecule has 0 saturated heterocycles. The fourth-order valence-electron chi connectivity index (χ4n) is 1.15. The quantitative estimate of drug-likeness (QED) is 0.680. The van der Waals surface area contributed by atoms with Gasteiger partial charge in [-0.3, -0.25) is 9.48 Å². The van der Waals surface area contributed by atoms with Crippen molar-refractivity contribution in [1.29, 1.82) is 0 Å². The highest BCUT2D eigenvalue weighted by atomic mass is 16.1. The van der Waals surface area contributed by atoms with Crippen molar-refractivity contribution < 1.29 is 4.79 Å². The van der Waals surface area contributed by atoms with E-state index in [0.29, 0.717) is 12.2 Å². The monoisotopic (exact) mass is 181 g/mol. The fraction of sp³-hybridized carbons (Fsp3) is 0.556. The number of hydrogen-bond acceptors (Lipinski definition) is 3. The van der Waals surface area contributed by atoms with Crippen molar-refractivity contribution in [2.75, 3.05) is 13.1 Å². The Morgan fingerprint density at radius 1 is 1.62 bits per heavy atom. The Hall–Kier alpha value is -1.16. The number of carbonyl (C=O) groups is 1. The maximum Gasteiger partial charge on any atom is 0.194 e. The molecular weight excluding hydrogens is 166 g/mol. The van der Waals surface area contributed by atoms with E-state index >= 15 is 0 Å². The number of rotatable bonds is 5. The summed E-state index contributed by atoms with van der Waals surface area (Å²) >= 11 is 0. The second-order valence-corrected chi connectivity index (χ2v) is 2.74. The van der Waals surface area contributed by atoms with E-state index in [2.05, 4.69) is 10.4 Å². The van der Waals surface area contributed by atoms with E-state index < -0.39 is 0 Å². The molecule has 0 spiro atoms. The highest BCUT2D eigenvalue weighted by Gasteiger charge is 2.09. The van der Waals surface area contributed by atoms with Crippen LogP contribution in [0.3, 0.4) is 0 Å². The maximum absolute atomic E-state index is 11.5. The molecule has 0 fully saturated rings. The van der Waals surface area contributed by atoms with Crippen LogP contribution in [0.15, 0.2) is 12.3 Å². The number of carbonyl (C=O) groups excluding carboxylic acids is 1. The zero-order chi connectivity index (χ0) is 9.68. The lowest BCUT2D eigenvalue weighted by Crippen LogP contribution is -2.24. The second kappa shape index (κ2) is 4.77. The van der Waals surface area contributed by atoms with Gasteiger partial charge in [0.15, 0.2) is 5.78 Å². The minimum Gasteiger partial charge on any atom is -0.310 e. The van der Waals surface area contributed by atoms with Gasteiger partial charge in [-0.25, -0.2) is 0 Å². The Labute approximate surface area is 77.9 Å². The van der Waals surface area contributed by atoms with Crippen LogP contribution in [0.5, 0.6) is 0 Å². The van der Waals surface area contributed by atoms with E-state index in [-0.39, 0.29) is 5.78 Å². The van der Waals surface area contributed by atoms with Crippen LogP contribution in [0.25, 0.3) is 0 Å². The lowest BCUT2D eigenvalue weighted by atomic mass is 10.3. The average molecular weight is 181 g/mol. The van der Waals surface area contributed by atoms with Gasteiger partial charge in [0.2, 0.25) is 0 Å². The Kier molecular flexibility index (Phi) is 3.64. The molecule has 0 radical (unpaired) electrons. The number of likely N-dealkylation sites (N-methyl/N-ethyl adjacent to an activating group) is 1. The van der Waals surface area contributed by atoms with Gasteiger partial charge in [0.05, 0.1) is 6.54 Å². The molecule has 1 rings (SSSR count). The lowest BCUT2D eigenvalue weighted by molar-refractivity contribution is 0.0981. The zero-order valence-corrected chi connectivity index (χ0v) is 8.08. The number of Topliss-reactive ketones (excluding diaryl/α,β-unsaturated/α-hetero) is 1. The predicted octanol–water partition coefficient (Wildman–Crippen LogP) is 0.695. The lowest BCUT2D eigenvalue weighted by Gasteiger charge is -2.03. The van der Waals surface area contributed by atoms with Crippen molar-refractivity contribution >= 4 is 5.78 Å². The second-order valence-electron chi connectivity index (χ2n) is 2.74. The Morgan fingerprint density at radius 3 is 3.00 bits per heavy atom. The molecule has 0 saturated carbocycles. The smallest absolute Gasteiger partial charge is 0.194 e. The highest BCUT2D eigenvalue weighted by molar-refractivity contribution is 5.96. The highest BCUT2D eigenvalue weighted by Crippen LogP contribution is 1.99. The van der Waals surface area contributed by atoms with Crippen LogP contribution >= 0.6 is 0 Å². The number of nitrogens with one attached hydrogen (secondary N) is 1. The van der Waals surface area contributed by atoms with Crippen molar-refractivity contribution in [2.45, 2.75) is 20.4 Å². The van der Waals surface area contributed by atoms with Crippen LogP contribution in [0.4, 0.5) is 0 Å². The topological polar surface area (TPSA) is 46.9 Å². The normalized spacial score (nSPS) is 10.3. The summed E-state index contributed by atoms with van der Waals surface area (Å²) in [5, 5.41) is 7.03. The van der Waals surface area contributed by atoms with E-state index in [9.17, 15) is 4.79 Å². The van der Waals surface area contributed by atoms with Crippen molar-refractivity contribution in [3.05, 3.63) is 18.0 Å². The molecule has 0 amide bonds. The van der Waals surface area contributed by atoms with Gasteiger partial charge in [0.25, 0.3) is 0 Å². The van der Waals surface area contributed by atoms with Gasteiger partial charge in [-0.1, -0.05) is 6.92 Å². The van der Waals surface area contributed by atoms with Crippen molar-refractivity contribution in [2.24, 2.45) is 0 Å². The Balaban J connectivity index is 2.65. The molecule has 1 N–H and O–H groups in total. The molecule has 0 aliphatic carbocycles. The van der Waals surface area contributed by atoms with Crippen molar-refractivity contribution in [1.82, 2.24) is 15.1 Å². The van der Waals surface area contributed by atoms with E-state index in [1.807, 2.05) is 13.8 Å². The number of aromatic nitrogens is 2. The van der Waals surface area contributed by atoms with E-state index in [1.54, 1.807) is 16.9 Å². The van der Waals surface area contributed by atoms with Crippen molar-refractivity contribution in [3.8, 4) is 0 Å². The van der Waals surface area contributed by atoms with Crippen LogP contribution in [0, 0.1) is 0 Å². The molecule has 0 aliphatic rings. The first-order valence-corrected chi connectivity index (χ1v) is 4.55. The third kappa shape index (κ3) is 2.39. The minimum atomic E-state index is 0.0983. The fourth-order valence-corrected chi connectivity index (χ4v) is 1.15. The van der Waals surface area contributed by atoms with Crippen LogP contribution in [-0.2, 0) is 6.54 Å². The van der Waals surface area contributed by atoms with Crippen LogP contribution < -0.4 is 5.32 Å². The molecule has 0 aromatic carbocycles. The SMILES string of the molecule is CCNCC(=O)c1ccnn1CC. The number of aryl methyl sites for hydroxylation is 1. The molecule has 1 heterocycles. The molecule has 4 heteroatoms. The standard InChI is InChI=1S/C9H15N3O/c1-3-10-7-9(13)8-5-6-11-12(8)4-2/h5-6,10H,3-4,7H2,1-2H3. The number of ketones is 1. The Bertz CT molecular complexity index is 280. The maximum atomic E-state index is 11.5. The third-order valence-corrected chi connectivity index (χ3v) is 1.84. The summed E-state index contributed by atoms with van der Waals surface area (Å²) in [6.07, 6.45) is 1.66. The number of hydrogen-bond donors (Lipinski definition) is 1. The summed E-state index contributed by atoms with van der Waals surface area (Å²) in [5.74, 6) is 0.0983. The summed E-state index contributed by atoms with van der Waals surface area (Å²) in [4.78, 5) is 11.5. The summed E-state index contributed by atoms with van der Waals surface area (Å²) in [6.45, 7) is 5.88. The molecule has 4 nitrogen and oxygen atoms in total. The van der Waals surface area contributed by atoms with Crippen LogP contribution in [0.2, 0.25) is 0 Å². The zero-order valence-electron chi connectivity index (χ0n) is 8.08.